The summed E-state index contributed by atoms with van der Waals surface area (Å²) in [6, 6.07) is 4.37. The van der Waals surface area contributed by atoms with E-state index in [0.29, 0.717) is 17.9 Å². The van der Waals surface area contributed by atoms with Crippen LogP contribution in [0.25, 0.3) is 0 Å². The van der Waals surface area contributed by atoms with Crippen molar-refractivity contribution in [2.45, 2.75) is 13.0 Å². The van der Waals surface area contributed by atoms with Crippen LogP contribution in [0.5, 0.6) is 5.75 Å². The lowest BCUT2D eigenvalue weighted by molar-refractivity contribution is -0.384. The lowest BCUT2D eigenvalue weighted by Gasteiger charge is -2.13. The van der Waals surface area contributed by atoms with Crippen LogP contribution < -0.4 is 10.1 Å². The number of nitrogens with zero attached hydrogens (tertiary/aromatic N) is 1. The van der Waals surface area contributed by atoms with E-state index >= 15 is 0 Å². The Balaban J connectivity index is 2.63. The van der Waals surface area contributed by atoms with Crippen molar-refractivity contribution >= 4 is 5.69 Å². The van der Waals surface area contributed by atoms with Gasteiger partial charge in [0.05, 0.1) is 4.92 Å². The molecular formula is C11H16N2O4. The van der Waals surface area contributed by atoms with Gasteiger partial charge in [0.2, 0.25) is 0 Å². The fraction of sp³-hybridized carbons (Fsp3) is 0.455. The average molecular weight is 240 g/mol. The van der Waals surface area contributed by atoms with Crippen LogP contribution in [-0.2, 0) is 0 Å². The topological polar surface area (TPSA) is 84.6 Å². The number of nitro benzene ring substituents is 1. The van der Waals surface area contributed by atoms with Crippen molar-refractivity contribution in [3.8, 4) is 5.75 Å². The van der Waals surface area contributed by atoms with Gasteiger partial charge >= 0.3 is 0 Å². The maximum atomic E-state index is 10.5. The molecule has 1 aromatic carbocycles. The molecule has 0 heterocycles. The highest BCUT2D eigenvalue weighted by molar-refractivity contribution is 5.42. The van der Waals surface area contributed by atoms with Crippen molar-refractivity contribution in [2.24, 2.45) is 0 Å². The Morgan fingerprint density at radius 1 is 1.59 bits per heavy atom. The van der Waals surface area contributed by atoms with Crippen molar-refractivity contribution in [1.82, 2.24) is 5.32 Å². The minimum Gasteiger partial charge on any atom is -0.491 e. The third-order valence-corrected chi connectivity index (χ3v) is 2.24. The van der Waals surface area contributed by atoms with E-state index in [9.17, 15) is 15.2 Å². The van der Waals surface area contributed by atoms with Crippen LogP contribution in [0.3, 0.4) is 0 Å². The van der Waals surface area contributed by atoms with E-state index in [0.717, 1.165) is 0 Å². The number of rotatable bonds is 6. The van der Waals surface area contributed by atoms with E-state index in [1.807, 2.05) is 0 Å². The average Bonchev–Trinajstić information content (AvgIpc) is 2.27. The van der Waals surface area contributed by atoms with E-state index in [1.165, 1.54) is 12.1 Å². The Labute approximate surface area is 99.4 Å². The zero-order valence-corrected chi connectivity index (χ0v) is 9.84. The number of aliphatic hydroxyl groups is 1. The molecule has 1 unspecified atom stereocenters. The van der Waals surface area contributed by atoms with E-state index in [1.54, 1.807) is 20.0 Å². The molecule has 0 bridgehead atoms. The van der Waals surface area contributed by atoms with Crippen molar-refractivity contribution in [3.63, 3.8) is 0 Å². The minimum atomic E-state index is -0.602. The summed E-state index contributed by atoms with van der Waals surface area (Å²) in [5, 5.41) is 22.8. The molecule has 0 aliphatic rings. The van der Waals surface area contributed by atoms with Gasteiger partial charge in [0.15, 0.2) is 0 Å². The summed E-state index contributed by atoms with van der Waals surface area (Å²) in [4.78, 5) is 10.1. The molecule has 1 rings (SSSR count). The van der Waals surface area contributed by atoms with Crippen LogP contribution in [0.15, 0.2) is 18.2 Å². The van der Waals surface area contributed by atoms with E-state index < -0.39 is 11.0 Å². The Morgan fingerprint density at radius 2 is 2.29 bits per heavy atom. The van der Waals surface area contributed by atoms with Gasteiger partial charge in [-0.15, -0.1) is 0 Å². The summed E-state index contributed by atoms with van der Waals surface area (Å²) in [5.41, 5.74) is 0.710. The van der Waals surface area contributed by atoms with Gasteiger partial charge in [0.25, 0.3) is 5.69 Å². The van der Waals surface area contributed by atoms with E-state index in [2.05, 4.69) is 5.32 Å². The first-order chi connectivity index (χ1) is 8.04. The first-order valence-corrected chi connectivity index (χ1v) is 5.25. The van der Waals surface area contributed by atoms with Crippen molar-refractivity contribution in [1.29, 1.82) is 0 Å². The SMILES string of the molecule is CNCC(O)COc1ccc([N+](=O)[O-])cc1C. The van der Waals surface area contributed by atoms with Gasteiger partial charge in [-0.1, -0.05) is 0 Å². The van der Waals surface area contributed by atoms with Crippen molar-refractivity contribution in [3.05, 3.63) is 33.9 Å². The zero-order valence-electron chi connectivity index (χ0n) is 9.84. The highest BCUT2D eigenvalue weighted by atomic mass is 16.6. The number of nitrogens with one attached hydrogen (secondary N) is 1. The number of benzene rings is 1. The van der Waals surface area contributed by atoms with Crippen LogP contribution >= 0.6 is 0 Å². The fourth-order valence-electron chi connectivity index (χ4n) is 1.39. The Morgan fingerprint density at radius 3 is 2.82 bits per heavy atom. The van der Waals surface area contributed by atoms with Gasteiger partial charge in [-0.25, -0.2) is 0 Å². The molecule has 0 amide bonds. The predicted molar refractivity (Wildman–Crippen MR) is 63.3 cm³/mol. The predicted octanol–water partition coefficient (Wildman–Crippen LogP) is 0.862. The molecule has 2 N–H and O–H groups in total. The summed E-state index contributed by atoms with van der Waals surface area (Å²) >= 11 is 0. The summed E-state index contributed by atoms with van der Waals surface area (Å²) in [6.07, 6.45) is -0.602. The van der Waals surface area contributed by atoms with Crippen LogP contribution in [-0.4, -0.2) is 36.3 Å². The Kier molecular flexibility index (Phi) is 4.86. The van der Waals surface area contributed by atoms with Gasteiger partial charge in [0, 0.05) is 18.7 Å². The lowest BCUT2D eigenvalue weighted by Crippen LogP contribution is -2.29. The normalized spacial score (nSPS) is 12.2. The second-order valence-electron chi connectivity index (χ2n) is 3.73. The fourth-order valence-corrected chi connectivity index (χ4v) is 1.39. The van der Waals surface area contributed by atoms with Gasteiger partial charge in [0.1, 0.15) is 18.5 Å². The summed E-state index contributed by atoms with van der Waals surface area (Å²) in [7, 11) is 1.74. The summed E-state index contributed by atoms with van der Waals surface area (Å²) in [6.45, 7) is 2.32. The molecule has 0 radical (unpaired) electrons. The van der Waals surface area contributed by atoms with Crippen molar-refractivity contribution < 1.29 is 14.8 Å². The van der Waals surface area contributed by atoms with E-state index in [4.69, 9.17) is 4.74 Å². The molecule has 0 saturated heterocycles. The smallest absolute Gasteiger partial charge is 0.269 e. The molecule has 0 fully saturated rings. The zero-order chi connectivity index (χ0) is 12.8. The largest absolute Gasteiger partial charge is 0.491 e. The molecule has 94 valence electrons. The van der Waals surface area contributed by atoms with Gasteiger partial charge in [-0.3, -0.25) is 10.1 Å². The molecule has 0 aliphatic carbocycles. The summed E-state index contributed by atoms with van der Waals surface area (Å²) < 4.78 is 5.37. The Hall–Kier alpha value is -1.66. The maximum Gasteiger partial charge on any atom is 0.269 e. The number of ether oxygens (including phenoxy) is 1. The molecule has 6 nitrogen and oxygen atoms in total. The molecule has 0 aromatic heterocycles. The highest BCUT2D eigenvalue weighted by Gasteiger charge is 2.10. The number of aryl methyl sites for hydroxylation is 1. The molecule has 17 heavy (non-hydrogen) atoms. The van der Waals surface area contributed by atoms with Crippen molar-refractivity contribution in [2.75, 3.05) is 20.2 Å². The van der Waals surface area contributed by atoms with Crippen LogP contribution in [0.2, 0.25) is 0 Å². The van der Waals surface area contributed by atoms with Gasteiger partial charge in [-0.2, -0.15) is 0 Å². The molecule has 1 atom stereocenters. The summed E-state index contributed by atoms with van der Waals surface area (Å²) in [5.74, 6) is 0.547. The molecule has 0 aliphatic heterocycles. The molecule has 0 saturated carbocycles. The molecule has 6 heteroatoms. The van der Waals surface area contributed by atoms with Gasteiger partial charge < -0.3 is 15.2 Å². The number of hydrogen-bond donors (Lipinski definition) is 2. The van der Waals surface area contributed by atoms with Crippen LogP contribution in [0.1, 0.15) is 5.56 Å². The first kappa shape index (κ1) is 13.4. The number of nitro groups is 1. The van der Waals surface area contributed by atoms with Crippen LogP contribution in [0, 0.1) is 17.0 Å². The lowest BCUT2D eigenvalue weighted by atomic mass is 10.2. The van der Waals surface area contributed by atoms with Crippen LogP contribution in [0.4, 0.5) is 5.69 Å². The second kappa shape index (κ2) is 6.17. The number of hydrogen-bond acceptors (Lipinski definition) is 5. The molecule has 1 aromatic rings. The molecular weight excluding hydrogens is 224 g/mol. The Bertz CT molecular complexity index is 395. The van der Waals surface area contributed by atoms with E-state index in [-0.39, 0.29) is 12.3 Å². The third-order valence-electron chi connectivity index (χ3n) is 2.24. The quantitative estimate of drug-likeness (QED) is 0.569. The third kappa shape index (κ3) is 4.01. The highest BCUT2D eigenvalue weighted by Crippen LogP contribution is 2.23. The number of likely N-dealkylation sites (N-methyl/N-ethyl adjacent to an activating group) is 1. The maximum absolute atomic E-state index is 10.5. The number of non-ortho nitro benzene ring substituents is 1. The van der Waals surface area contributed by atoms with Gasteiger partial charge in [-0.05, 0) is 25.6 Å². The second-order valence-corrected chi connectivity index (χ2v) is 3.73. The monoisotopic (exact) mass is 240 g/mol. The standard InChI is InChI=1S/C11H16N2O4/c1-8-5-9(13(15)16)3-4-11(8)17-7-10(14)6-12-2/h3-5,10,12,14H,6-7H2,1-2H3. The minimum absolute atomic E-state index is 0.0330. The molecule has 0 spiro atoms. The number of aliphatic hydroxyl groups excluding tert-OH is 1. The first-order valence-electron chi connectivity index (χ1n) is 5.25.